The third kappa shape index (κ3) is 6.39. The third-order valence-corrected chi connectivity index (χ3v) is 6.46. The molecule has 0 radical (unpaired) electrons. The van der Waals surface area contributed by atoms with Gasteiger partial charge in [-0.1, -0.05) is 56.2 Å². The molecule has 0 saturated carbocycles. The van der Waals surface area contributed by atoms with Crippen LogP contribution < -0.4 is 14.9 Å². The zero-order chi connectivity index (χ0) is 24.9. The van der Waals surface area contributed by atoms with Crippen LogP contribution in [-0.2, 0) is 11.2 Å². The van der Waals surface area contributed by atoms with Gasteiger partial charge in [-0.2, -0.15) is 0 Å². The Labute approximate surface area is 198 Å². The van der Waals surface area contributed by atoms with Crippen molar-refractivity contribution in [2.45, 2.75) is 79.1 Å². The van der Waals surface area contributed by atoms with Crippen molar-refractivity contribution in [3.8, 4) is 11.6 Å². The van der Waals surface area contributed by atoms with Gasteiger partial charge in [0, 0.05) is 23.6 Å². The maximum Gasteiger partial charge on any atom is 0.238 e. The second-order valence-electron chi connectivity index (χ2n) is 9.67. The van der Waals surface area contributed by atoms with Crippen molar-refractivity contribution in [2.75, 3.05) is 14.2 Å². The number of hydrogen-bond acceptors (Lipinski definition) is 5. The Balaban J connectivity index is 1.97. The highest BCUT2D eigenvalue weighted by Gasteiger charge is 2.59. The fourth-order valence-corrected chi connectivity index (χ4v) is 4.38. The first kappa shape index (κ1) is 26.9. The molecule has 0 aromatic carbocycles. The van der Waals surface area contributed by atoms with E-state index >= 15 is 0 Å². The molecular weight excluding hydrogens is 418 g/mol. The Morgan fingerprint density at radius 2 is 1.91 bits per heavy atom. The Hall–Kier alpha value is -2.31. The summed E-state index contributed by atoms with van der Waals surface area (Å²) >= 11 is 0. The molecule has 2 heterocycles. The Morgan fingerprint density at radius 3 is 2.45 bits per heavy atom. The van der Waals surface area contributed by atoms with Crippen LogP contribution in [0.1, 0.15) is 59.2 Å². The first-order chi connectivity index (χ1) is 15.5. The molecule has 184 valence electrons. The van der Waals surface area contributed by atoms with Crippen LogP contribution in [0.3, 0.4) is 0 Å². The summed E-state index contributed by atoms with van der Waals surface area (Å²) in [7, 11) is 2.97. The Bertz CT molecular complexity index is 971. The minimum absolute atomic E-state index is 0.00453. The molecule has 0 spiro atoms. The quantitative estimate of drug-likeness (QED) is 0.280. The summed E-state index contributed by atoms with van der Waals surface area (Å²) < 4.78 is 16.2. The molecule has 1 aromatic heterocycles. The van der Waals surface area contributed by atoms with E-state index in [0.717, 1.165) is 17.7 Å². The van der Waals surface area contributed by atoms with E-state index in [9.17, 15) is 9.90 Å². The molecule has 1 fully saturated rings. The lowest BCUT2D eigenvalue weighted by Gasteiger charge is -2.21. The molecule has 6 nitrogen and oxygen atoms in total. The van der Waals surface area contributed by atoms with Crippen molar-refractivity contribution in [3.05, 3.63) is 56.9 Å². The molecule has 6 heteroatoms. The van der Waals surface area contributed by atoms with Gasteiger partial charge in [-0.3, -0.25) is 4.79 Å². The summed E-state index contributed by atoms with van der Waals surface area (Å²) in [5, 5.41) is 10.7. The number of ether oxygens (including phenoxy) is 3. The lowest BCUT2D eigenvalue weighted by Crippen LogP contribution is -2.35. The molecule has 1 saturated heterocycles. The zero-order valence-corrected chi connectivity index (χ0v) is 21.6. The second kappa shape index (κ2) is 11.2. The highest BCUT2D eigenvalue weighted by molar-refractivity contribution is 5.40. The highest BCUT2D eigenvalue weighted by atomic mass is 16.6. The van der Waals surface area contributed by atoms with E-state index in [1.807, 2.05) is 20.8 Å². The van der Waals surface area contributed by atoms with Crippen molar-refractivity contribution in [1.82, 2.24) is 4.98 Å². The summed E-state index contributed by atoms with van der Waals surface area (Å²) in [6, 6.07) is 0. The fraction of sp³-hybridized carbons (Fsp3) is 0.593. The van der Waals surface area contributed by atoms with Crippen LogP contribution in [0.5, 0.6) is 11.6 Å². The van der Waals surface area contributed by atoms with E-state index in [2.05, 4.69) is 50.1 Å². The molecule has 0 amide bonds. The predicted octanol–water partition coefficient (Wildman–Crippen LogP) is 4.89. The van der Waals surface area contributed by atoms with Crippen LogP contribution in [0.25, 0.3) is 0 Å². The van der Waals surface area contributed by atoms with Crippen LogP contribution in [0, 0.1) is 18.8 Å². The SMILES string of the molecule is COc1[nH]c(CC=C(C)CC=CC(C)=CC(C)C(O)C2(C)OC2C(C)C)c(C)c(=O)c1OC. The summed E-state index contributed by atoms with van der Waals surface area (Å²) in [6.07, 6.45) is 9.41. The van der Waals surface area contributed by atoms with E-state index in [0.29, 0.717) is 23.8 Å². The van der Waals surface area contributed by atoms with Gasteiger partial charge in [-0.15, -0.1) is 0 Å². The number of rotatable bonds is 11. The van der Waals surface area contributed by atoms with Gasteiger partial charge in [-0.05, 0) is 40.0 Å². The normalized spacial score (nSPS) is 23.2. The number of aromatic amines is 1. The number of nitrogens with one attached hydrogen (secondary N) is 1. The number of pyridine rings is 1. The summed E-state index contributed by atoms with van der Waals surface area (Å²) in [5.74, 6) is 0.948. The standard InChI is InChI=1S/C27H41NO5/c1-16(2)25-27(7,33-25)24(30)19(5)15-18(4)12-10-11-17(3)13-14-21-20(6)22(29)23(31-8)26(28-21)32-9/h10,12-13,15-16,19,24-25,30H,11,14H2,1-9H3,(H,28,29). The largest absolute Gasteiger partial charge is 0.488 e. The van der Waals surface area contributed by atoms with Crippen molar-refractivity contribution in [1.29, 1.82) is 0 Å². The van der Waals surface area contributed by atoms with Crippen molar-refractivity contribution in [3.63, 3.8) is 0 Å². The van der Waals surface area contributed by atoms with Gasteiger partial charge in [0.15, 0.2) is 0 Å². The van der Waals surface area contributed by atoms with Crippen molar-refractivity contribution < 1.29 is 19.3 Å². The van der Waals surface area contributed by atoms with Crippen molar-refractivity contribution in [2.24, 2.45) is 11.8 Å². The second-order valence-corrected chi connectivity index (χ2v) is 9.67. The lowest BCUT2D eigenvalue weighted by atomic mass is 9.86. The first-order valence-electron chi connectivity index (χ1n) is 11.7. The number of hydrogen-bond donors (Lipinski definition) is 2. The molecule has 0 aliphatic carbocycles. The van der Waals surface area contributed by atoms with Gasteiger partial charge < -0.3 is 24.3 Å². The van der Waals surface area contributed by atoms with E-state index in [1.165, 1.54) is 19.8 Å². The zero-order valence-electron chi connectivity index (χ0n) is 21.6. The van der Waals surface area contributed by atoms with Gasteiger partial charge in [-0.25, -0.2) is 0 Å². The fourth-order valence-electron chi connectivity index (χ4n) is 4.38. The minimum Gasteiger partial charge on any atom is -0.488 e. The van der Waals surface area contributed by atoms with Crippen LogP contribution in [0.15, 0.2) is 40.2 Å². The van der Waals surface area contributed by atoms with E-state index < -0.39 is 11.7 Å². The lowest BCUT2D eigenvalue weighted by molar-refractivity contribution is 0.0563. The van der Waals surface area contributed by atoms with E-state index in [-0.39, 0.29) is 23.2 Å². The smallest absolute Gasteiger partial charge is 0.238 e. The molecule has 1 aromatic rings. The third-order valence-electron chi connectivity index (χ3n) is 6.46. The van der Waals surface area contributed by atoms with Gasteiger partial charge >= 0.3 is 0 Å². The topological polar surface area (TPSA) is 84.1 Å². The summed E-state index contributed by atoms with van der Waals surface area (Å²) in [5.41, 5.74) is 3.15. The Morgan fingerprint density at radius 1 is 1.24 bits per heavy atom. The molecule has 33 heavy (non-hydrogen) atoms. The molecule has 2 rings (SSSR count). The molecule has 1 aliphatic heterocycles. The molecule has 4 unspecified atom stereocenters. The maximum atomic E-state index is 12.5. The minimum atomic E-state index is -0.526. The van der Waals surface area contributed by atoms with Crippen LogP contribution in [0.4, 0.5) is 0 Å². The monoisotopic (exact) mass is 459 g/mol. The molecule has 4 atom stereocenters. The van der Waals surface area contributed by atoms with Crippen LogP contribution in [0.2, 0.25) is 0 Å². The molecular formula is C27H41NO5. The number of methoxy groups -OCH3 is 2. The Kier molecular flexibility index (Phi) is 9.15. The average molecular weight is 460 g/mol. The predicted molar refractivity (Wildman–Crippen MR) is 133 cm³/mol. The van der Waals surface area contributed by atoms with Crippen molar-refractivity contribution >= 4 is 0 Å². The summed E-state index contributed by atoms with van der Waals surface area (Å²) in [4.78, 5) is 15.6. The first-order valence-corrected chi connectivity index (χ1v) is 11.7. The van der Waals surface area contributed by atoms with E-state index in [4.69, 9.17) is 14.2 Å². The van der Waals surface area contributed by atoms with E-state index in [1.54, 1.807) is 6.92 Å². The van der Waals surface area contributed by atoms with Gasteiger partial charge in [0.05, 0.1) is 26.4 Å². The average Bonchev–Trinajstić information content (AvgIpc) is 3.47. The maximum absolute atomic E-state index is 12.5. The number of H-pyrrole nitrogens is 1. The summed E-state index contributed by atoms with van der Waals surface area (Å²) in [6.45, 7) is 14.2. The number of aliphatic hydroxyl groups excluding tert-OH is 1. The van der Waals surface area contributed by atoms with Gasteiger partial charge in [0.25, 0.3) is 0 Å². The van der Waals surface area contributed by atoms with Gasteiger partial charge in [0.2, 0.25) is 17.1 Å². The number of epoxide rings is 1. The van der Waals surface area contributed by atoms with Gasteiger partial charge in [0.1, 0.15) is 5.60 Å². The number of allylic oxidation sites excluding steroid dienone is 5. The molecule has 0 bridgehead atoms. The number of aliphatic hydroxyl groups is 1. The highest BCUT2D eigenvalue weighted by Crippen LogP contribution is 2.45. The number of aromatic nitrogens is 1. The van der Waals surface area contributed by atoms with Crippen LogP contribution in [-0.4, -0.2) is 42.1 Å². The van der Waals surface area contributed by atoms with Crippen LogP contribution >= 0.6 is 0 Å². The molecule has 1 aliphatic rings. The molecule has 2 N–H and O–H groups in total.